The van der Waals surface area contributed by atoms with E-state index in [0.717, 1.165) is 12.1 Å². The van der Waals surface area contributed by atoms with Gasteiger partial charge < -0.3 is 15.7 Å². The Morgan fingerprint density at radius 3 is 2.82 bits per heavy atom. The van der Waals surface area contributed by atoms with Crippen molar-refractivity contribution in [2.45, 2.75) is 13.0 Å². The van der Waals surface area contributed by atoms with Crippen molar-refractivity contribution in [2.75, 3.05) is 0 Å². The standard InChI is InChI=1S/C9H10FN3O4/c1-5(9(11)12-14)17-6-2-3-8(13(15)16)7(10)4-6/h2-5,14H,1H3,(H2,11,12). The highest BCUT2D eigenvalue weighted by Crippen LogP contribution is 2.22. The molecule has 0 saturated heterocycles. The quantitative estimate of drug-likeness (QED) is 0.272. The number of hydrogen-bond acceptors (Lipinski definition) is 5. The molecule has 0 aliphatic heterocycles. The van der Waals surface area contributed by atoms with Crippen LogP contribution in [0.3, 0.4) is 0 Å². The van der Waals surface area contributed by atoms with Gasteiger partial charge in [0.05, 0.1) is 4.92 Å². The van der Waals surface area contributed by atoms with Crippen molar-refractivity contribution in [3.8, 4) is 5.75 Å². The lowest BCUT2D eigenvalue weighted by Crippen LogP contribution is -2.31. The van der Waals surface area contributed by atoms with Crippen LogP contribution < -0.4 is 10.5 Å². The van der Waals surface area contributed by atoms with E-state index in [1.807, 2.05) is 0 Å². The molecule has 1 rings (SSSR count). The van der Waals surface area contributed by atoms with Crippen LogP contribution in [-0.4, -0.2) is 22.1 Å². The molecule has 0 aliphatic rings. The summed E-state index contributed by atoms with van der Waals surface area (Å²) in [7, 11) is 0. The summed E-state index contributed by atoms with van der Waals surface area (Å²) in [6.07, 6.45) is -0.777. The first-order valence-corrected chi connectivity index (χ1v) is 4.53. The molecule has 0 bridgehead atoms. The zero-order valence-corrected chi connectivity index (χ0v) is 8.83. The molecular weight excluding hydrogens is 233 g/mol. The van der Waals surface area contributed by atoms with Crippen molar-refractivity contribution in [2.24, 2.45) is 10.9 Å². The molecule has 0 aromatic heterocycles. The Hall–Kier alpha value is -2.38. The molecule has 1 atom stereocenters. The second-order valence-corrected chi connectivity index (χ2v) is 3.16. The molecule has 7 nitrogen and oxygen atoms in total. The molecule has 1 aromatic carbocycles. The summed E-state index contributed by atoms with van der Waals surface area (Å²) in [5, 5.41) is 21.5. The van der Waals surface area contributed by atoms with Gasteiger partial charge in [0.2, 0.25) is 5.82 Å². The largest absolute Gasteiger partial charge is 0.483 e. The molecule has 17 heavy (non-hydrogen) atoms. The van der Waals surface area contributed by atoms with Crippen LogP contribution in [0, 0.1) is 15.9 Å². The first kappa shape index (κ1) is 12.7. The van der Waals surface area contributed by atoms with E-state index in [2.05, 4.69) is 5.16 Å². The predicted molar refractivity (Wildman–Crippen MR) is 56.6 cm³/mol. The summed E-state index contributed by atoms with van der Waals surface area (Å²) in [4.78, 5) is 9.52. The van der Waals surface area contributed by atoms with Crippen LogP contribution in [0.25, 0.3) is 0 Å². The minimum absolute atomic E-state index is 0.0483. The lowest BCUT2D eigenvalue weighted by atomic mass is 10.3. The predicted octanol–water partition coefficient (Wildman–Crippen LogP) is 1.25. The maximum atomic E-state index is 13.2. The number of oxime groups is 1. The average molecular weight is 243 g/mol. The molecule has 0 spiro atoms. The zero-order valence-electron chi connectivity index (χ0n) is 8.83. The molecule has 0 fully saturated rings. The first-order valence-electron chi connectivity index (χ1n) is 4.53. The number of ether oxygens (including phenoxy) is 1. The first-order chi connectivity index (χ1) is 7.95. The summed E-state index contributed by atoms with van der Waals surface area (Å²) in [5.74, 6) is -1.16. The maximum Gasteiger partial charge on any atom is 0.305 e. The second kappa shape index (κ2) is 5.10. The molecule has 0 heterocycles. The Bertz CT molecular complexity index is 464. The van der Waals surface area contributed by atoms with Crippen molar-refractivity contribution in [1.82, 2.24) is 0 Å². The molecule has 0 saturated carbocycles. The number of nitro benzene ring substituents is 1. The van der Waals surface area contributed by atoms with Gasteiger partial charge in [-0.3, -0.25) is 10.1 Å². The lowest BCUT2D eigenvalue weighted by molar-refractivity contribution is -0.387. The van der Waals surface area contributed by atoms with Crippen LogP contribution >= 0.6 is 0 Å². The molecule has 0 aliphatic carbocycles. The zero-order chi connectivity index (χ0) is 13.0. The third-order valence-corrected chi connectivity index (χ3v) is 1.96. The molecule has 0 radical (unpaired) electrons. The Kier molecular flexibility index (Phi) is 3.81. The normalized spacial score (nSPS) is 13.2. The van der Waals surface area contributed by atoms with E-state index in [1.165, 1.54) is 13.0 Å². The SMILES string of the molecule is CC(Oc1ccc([N+](=O)[O-])c(F)c1)C(N)=NO. The molecular formula is C9H10FN3O4. The van der Waals surface area contributed by atoms with E-state index in [4.69, 9.17) is 15.7 Å². The fourth-order valence-corrected chi connectivity index (χ4v) is 1.05. The van der Waals surface area contributed by atoms with Gasteiger partial charge in [-0.25, -0.2) is 0 Å². The van der Waals surface area contributed by atoms with Gasteiger partial charge in [-0.2, -0.15) is 4.39 Å². The van der Waals surface area contributed by atoms with Crippen LogP contribution in [0.5, 0.6) is 5.75 Å². The third-order valence-electron chi connectivity index (χ3n) is 1.96. The number of nitrogens with two attached hydrogens (primary N) is 1. The number of nitro groups is 1. The maximum absolute atomic E-state index is 13.2. The van der Waals surface area contributed by atoms with Crippen molar-refractivity contribution < 1.29 is 19.3 Å². The Labute approximate surface area is 95.4 Å². The van der Waals surface area contributed by atoms with E-state index < -0.39 is 22.5 Å². The number of amidine groups is 1. The summed E-state index contributed by atoms with van der Waals surface area (Å²) < 4.78 is 18.3. The van der Waals surface area contributed by atoms with Crippen molar-refractivity contribution in [3.63, 3.8) is 0 Å². The Morgan fingerprint density at radius 2 is 2.35 bits per heavy atom. The monoisotopic (exact) mass is 243 g/mol. The molecule has 3 N–H and O–H groups in total. The number of halogens is 1. The summed E-state index contributed by atoms with van der Waals surface area (Å²) in [6.45, 7) is 1.48. The summed E-state index contributed by atoms with van der Waals surface area (Å²) in [6, 6.07) is 3.06. The van der Waals surface area contributed by atoms with Gasteiger partial charge in [-0.05, 0) is 13.0 Å². The average Bonchev–Trinajstić information content (AvgIpc) is 2.27. The van der Waals surface area contributed by atoms with Crippen LogP contribution in [0.1, 0.15) is 6.92 Å². The Morgan fingerprint density at radius 1 is 1.71 bits per heavy atom. The highest BCUT2D eigenvalue weighted by atomic mass is 19.1. The summed E-state index contributed by atoms with van der Waals surface area (Å²) >= 11 is 0. The van der Waals surface area contributed by atoms with Crippen LogP contribution in [0.4, 0.5) is 10.1 Å². The van der Waals surface area contributed by atoms with Gasteiger partial charge in [-0.1, -0.05) is 5.16 Å². The van der Waals surface area contributed by atoms with Crippen LogP contribution in [-0.2, 0) is 0 Å². The minimum atomic E-state index is -1.01. The highest BCUT2D eigenvalue weighted by Gasteiger charge is 2.16. The second-order valence-electron chi connectivity index (χ2n) is 3.16. The van der Waals surface area contributed by atoms with Gasteiger partial charge in [0.1, 0.15) is 5.75 Å². The fourth-order valence-electron chi connectivity index (χ4n) is 1.05. The molecule has 1 unspecified atom stereocenters. The van der Waals surface area contributed by atoms with E-state index in [-0.39, 0.29) is 11.6 Å². The fraction of sp³-hybridized carbons (Fsp3) is 0.222. The van der Waals surface area contributed by atoms with E-state index in [0.29, 0.717) is 0 Å². The highest BCUT2D eigenvalue weighted by molar-refractivity contribution is 5.84. The van der Waals surface area contributed by atoms with Gasteiger partial charge >= 0.3 is 5.69 Å². The van der Waals surface area contributed by atoms with Crippen LogP contribution in [0.15, 0.2) is 23.4 Å². The van der Waals surface area contributed by atoms with Gasteiger partial charge in [-0.15, -0.1) is 0 Å². The van der Waals surface area contributed by atoms with E-state index >= 15 is 0 Å². The van der Waals surface area contributed by atoms with E-state index in [9.17, 15) is 14.5 Å². The number of rotatable bonds is 4. The van der Waals surface area contributed by atoms with Gasteiger partial charge in [0.15, 0.2) is 11.9 Å². The topological polar surface area (TPSA) is 111 Å². The number of hydrogen-bond donors (Lipinski definition) is 2. The van der Waals surface area contributed by atoms with Gasteiger partial charge in [0, 0.05) is 12.1 Å². The Balaban J connectivity index is 2.88. The van der Waals surface area contributed by atoms with E-state index in [1.54, 1.807) is 0 Å². The van der Waals surface area contributed by atoms with Crippen LogP contribution in [0.2, 0.25) is 0 Å². The number of benzene rings is 1. The molecule has 92 valence electrons. The third kappa shape index (κ3) is 3.03. The van der Waals surface area contributed by atoms with Crippen molar-refractivity contribution >= 4 is 11.5 Å². The smallest absolute Gasteiger partial charge is 0.305 e. The summed E-state index contributed by atoms with van der Waals surface area (Å²) in [5.41, 5.74) is 4.61. The number of nitrogens with zero attached hydrogens (tertiary/aromatic N) is 2. The molecule has 0 amide bonds. The lowest BCUT2D eigenvalue weighted by Gasteiger charge is -2.12. The van der Waals surface area contributed by atoms with Crippen molar-refractivity contribution in [1.29, 1.82) is 0 Å². The molecule has 8 heteroatoms. The van der Waals surface area contributed by atoms with Gasteiger partial charge in [0.25, 0.3) is 0 Å². The molecule has 1 aromatic rings. The van der Waals surface area contributed by atoms with Crippen molar-refractivity contribution in [3.05, 3.63) is 34.1 Å². The minimum Gasteiger partial charge on any atom is -0.483 e.